The molecule has 1 aliphatic carbocycles. The highest BCUT2D eigenvalue weighted by molar-refractivity contribution is 6.36. The number of nitriles is 1. The third-order valence-corrected chi connectivity index (χ3v) is 10.1. The van der Waals surface area contributed by atoms with Crippen LogP contribution in [0.3, 0.4) is 0 Å². The van der Waals surface area contributed by atoms with Crippen LogP contribution in [0.5, 0.6) is 6.01 Å². The Bertz CT molecular complexity index is 1600. The van der Waals surface area contributed by atoms with Crippen LogP contribution < -0.4 is 14.5 Å². The maximum absolute atomic E-state index is 12.6. The summed E-state index contributed by atoms with van der Waals surface area (Å²) in [6, 6.07) is 14.7. The zero-order valence-corrected chi connectivity index (χ0v) is 26.4. The first-order valence-electron chi connectivity index (χ1n) is 15.5. The second-order valence-electron chi connectivity index (χ2n) is 12.4. The quantitative estimate of drug-likeness (QED) is 0.304. The van der Waals surface area contributed by atoms with Crippen molar-refractivity contribution < 1.29 is 9.53 Å². The van der Waals surface area contributed by atoms with E-state index in [0.29, 0.717) is 38.8 Å². The SMILES string of the molecule is C=CC(=O)N1CCN(c2nc(OCCN(C)C3(C)CCC3)nc3c2CCN(c2cccc4cccc(Cl)c24)C3)C[C@@H]1CC#N. The van der Waals surface area contributed by atoms with E-state index in [4.69, 9.17) is 26.3 Å². The van der Waals surface area contributed by atoms with Crippen LogP contribution in [-0.2, 0) is 17.8 Å². The molecule has 2 aromatic carbocycles. The molecular formula is C34H40ClN7O2. The molecule has 0 unspecified atom stereocenters. The number of carbonyl (C=O) groups excluding carboxylic acids is 1. The van der Waals surface area contributed by atoms with Crippen LogP contribution in [0.15, 0.2) is 49.1 Å². The predicted octanol–water partition coefficient (Wildman–Crippen LogP) is 5.22. The molecule has 1 atom stereocenters. The first-order valence-corrected chi connectivity index (χ1v) is 15.9. The lowest BCUT2D eigenvalue weighted by Crippen LogP contribution is -2.55. The van der Waals surface area contributed by atoms with E-state index in [0.717, 1.165) is 58.1 Å². The van der Waals surface area contributed by atoms with Gasteiger partial charge in [0, 0.05) is 54.9 Å². The molecule has 3 aliphatic rings. The van der Waals surface area contributed by atoms with Gasteiger partial charge in [-0.1, -0.05) is 42.4 Å². The van der Waals surface area contributed by atoms with Gasteiger partial charge in [-0.05, 0) is 63.2 Å². The minimum absolute atomic E-state index is 0.146. The first-order chi connectivity index (χ1) is 21.3. The lowest BCUT2D eigenvalue weighted by atomic mass is 9.77. The maximum Gasteiger partial charge on any atom is 0.318 e. The predicted molar refractivity (Wildman–Crippen MR) is 174 cm³/mol. The van der Waals surface area contributed by atoms with Crippen molar-refractivity contribution in [3.63, 3.8) is 0 Å². The molecule has 9 nitrogen and oxygen atoms in total. The van der Waals surface area contributed by atoms with Gasteiger partial charge in [0.1, 0.15) is 12.4 Å². The topological polar surface area (TPSA) is 88.8 Å². The van der Waals surface area contributed by atoms with E-state index >= 15 is 0 Å². The lowest BCUT2D eigenvalue weighted by Gasteiger charge is -2.46. The van der Waals surface area contributed by atoms with Crippen LogP contribution in [0.25, 0.3) is 10.8 Å². The number of likely N-dealkylation sites (N-methyl/N-ethyl adjacent to an activating group) is 1. The number of piperazine rings is 1. The highest BCUT2D eigenvalue weighted by Gasteiger charge is 2.36. The van der Waals surface area contributed by atoms with Crippen molar-refractivity contribution in [2.75, 3.05) is 56.2 Å². The van der Waals surface area contributed by atoms with Crippen LogP contribution in [-0.4, -0.2) is 83.6 Å². The van der Waals surface area contributed by atoms with E-state index in [9.17, 15) is 10.1 Å². The van der Waals surface area contributed by atoms with E-state index in [1.54, 1.807) is 4.90 Å². The Morgan fingerprint density at radius 2 is 2.00 bits per heavy atom. The fourth-order valence-electron chi connectivity index (χ4n) is 6.81. The lowest BCUT2D eigenvalue weighted by molar-refractivity contribution is -0.128. The van der Waals surface area contributed by atoms with Gasteiger partial charge in [0.25, 0.3) is 0 Å². The zero-order chi connectivity index (χ0) is 30.8. The summed E-state index contributed by atoms with van der Waals surface area (Å²) < 4.78 is 6.26. The number of carbonyl (C=O) groups is 1. The number of halogens is 1. The molecule has 1 saturated carbocycles. The fraction of sp³-hybridized carbons (Fsp3) is 0.471. The number of anilines is 2. The van der Waals surface area contributed by atoms with Crippen molar-refractivity contribution in [1.29, 1.82) is 5.26 Å². The van der Waals surface area contributed by atoms with Crippen LogP contribution >= 0.6 is 11.6 Å². The van der Waals surface area contributed by atoms with Crippen LogP contribution in [0.2, 0.25) is 5.02 Å². The van der Waals surface area contributed by atoms with E-state index in [1.165, 1.54) is 25.3 Å². The molecule has 0 N–H and O–H groups in total. The molecule has 44 heavy (non-hydrogen) atoms. The zero-order valence-electron chi connectivity index (χ0n) is 25.6. The number of benzene rings is 2. The van der Waals surface area contributed by atoms with Gasteiger partial charge in [-0.2, -0.15) is 15.2 Å². The highest BCUT2D eigenvalue weighted by Crippen LogP contribution is 2.38. The van der Waals surface area contributed by atoms with E-state index < -0.39 is 0 Å². The molecule has 3 heterocycles. The Labute approximate surface area is 264 Å². The first kappa shape index (κ1) is 30.2. The second kappa shape index (κ2) is 12.6. The van der Waals surface area contributed by atoms with Crippen molar-refractivity contribution in [1.82, 2.24) is 19.8 Å². The van der Waals surface area contributed by atoms with Gasteiger partial charge < -0.3 is 19.4 Å². The standard InChI is InChI=1S/C34H40ClN7O2/c1-4-30(43)42-19-18-41(22-25(42)12-16-36)32-26-13-17-40(29-11-6-9-24-8-5-10-27(35)31(24)29)23-28(26)37-33(38-32)44-21-20-39(3)34(2)14-7-15-34/h4-6,8-11,25H,1,7,12-15,17-23H2,2-3H3/t25-/m0/s1. The molecular weight excluding hydrogens is 574 g/mol. The second-order valence-corrected chi connectivity index (χ2v) is 12.8. The smallest absolute Gasteiger partial charge is 0.318 e. The molecule has 0 spiro atoms. The third-order valence-electron chi connectivity index (χ3n) is 9.77. The summed E-state index contributed by atoms with van der Waals surface area (Å²) in [6.07, 6.45) is 6.01. The van der Waals surface area contributed by atoms with Crippen molar-refractivity contribution in [3.05, 3.63) is 65.3 Å². The average Bonchev–Trinajstić information content (AvgIpc) is 3.02. The van der Waals surface area contributed by atoms with Gasteiger partial charge in [0.05, 0.1) is 35.8 Å². The van der Waals surface area contributed by atoms with Crippen LogP contribution in [0, 0.1) is 11.3 Å². The Hall–Kier alpha value is -3.87. The van der Waals surface area contributed by atoms with Gasteiger partial charge in [0.15, 0.2) is 0 Å². The molecule has 10 heteroatoms. The van der Waals surface area contributed by atoms with Gasteiger partial charge in [-0.15, -0.1) is 0 Å². The van der Waals surface area contributed by atoms with Gasteiger partial charge in [0.2, 0.25) is 5.91 Å². The van der Waals surface area contributed by atoms with Crippen molar-refractivity contribution >= 4 is 39.8 Å². The Morgan fingerprint density at radius 1 is 1.20 bits per heavy atom. The third kappa shape index (κ3) is 5.81. The largest absolute Gasteiger partial charge is 0.462 e. The van der Waals surface area contributed by atoms with E-state index in [-0.39, 0.29) is 23.9 Å². The Balaban J connectivity index is 1.31. The molecule has 6 rings (SSSR count). The molecule has 0 radical (unpaired) electrons. The number of nitrogens with zero attached hydrogens (tertiary/aromatic N) is 7. The summed E-state index contributed by atoms with van der Waals surface area (Å²) in [5.41, 5.74) is 3.35. The van der Waals surface area contributed by atoms with Crippen molar-refractivity contribution in [3.8, 4) is 12.1 Å². The maximum atomic E-state index is 12.6. The van der Waals surface area contributed by atoms with E-state index in [1.807, 2.05) is 12.1 Å². The van der Waals surface area contributed by atoms with Crippen molar-refractivity contribution in [2.45, 2.75) is 57.2 Å². The molecule has 2 aliphatic heterocycles. The number of hydrogen-bond donors (Lipinski definition) is 0. The highest BCUT2D eigenvalue weighted by atomic mass is 35.5. The summed E-state index contributed by atoms with van der Waals surface area (Å²) in [5, 5.41) is 12.4. The molecule has 1 saturated heterocycles. The number of amides is 1. The number of ether oxygens (including phenoxy) is 1. The minimum Gasteiger partial charge on any atom is -0.462 e. The van der Waals surface area contributed by atoms with Crippen LogP contribution in [0.4, 0.5) is 11.5 Å². The molecule has 0 bridgehead atoms. The average molecular weight is 614 g/mol. The van der Waals surface area contributed by atoms with Gasteiger partial charge in [-0.25, -0.2) is 0 Å². The molecule has 2 fully saturated rings. The van der Waals surface area contributed by atoms with Crippen LogP contribution in [0.1, 0.15) is 43.9 Å². The van der Waals surface area contributed by atoms with Gasteiger partial charge >= 0.3 is 6.01 Å². The number of hydrogen-bond acceptors (Lipinski definition) is 8. The Kier molecular flexibility index (Phi) is 8.66. The molecule has 3 aromatic rings. The summed E-state index contributed by atoms with van der Waals surface area (Å²) in [7, 11) is 2.16. The molecule has 1 aromatic heterocycles. The fourth-order valence-corrected chi connectivity index (χ4v) is 7.09. The number of aromatic nitrogens is 2. The number of fused-ring (bicyclic) bond motifs is 2. The summed E-state index contributed by atoms with van der Waals surface area (Å²) in [4.78, 5) is 31.2. The molecule has 1 amide bonds. The molecule has 230 valence electrons. The minimum atomic E-state index is -0.246. The Morgan fingerprint density at radius 3 is 2.73 bits per heavy atom. The summed E-state index contributed by atoms with van der Waals surface area (Å²) >= 11 is 6.71. The van der Waals surface area contributed by atoms with Gasteiger partial charge in [-0.3, -0.25) is 9.69 Å². The normalized spacial score (nSPS) is 19.3. The van der Waals surface area contributed by atoms with E-state index in [2.05, 4.69) is 65.6 Å². The summed E-state index contributed by atoms with van der Waals surface area (Å²) in [6.45, 7) is 10.2. The summed E-state index contributed by atoms with van der Waals surface area (Å²) in [5.74, 6) is 0.695. The number of rotatable bonds is 9. The monoisotopic (exact) mass is 613 g/mol. The van der Waals surface area contributed by atoms with Crippen molar-refractivity contribution in [2.24, 2.45) is 0 Å².